The summed E-state index contributed by atoms with van der Waals surface area (Å²) < 4.78 is 0. The second kappa shape index (κ2) is 6.95. The predicted octanol–water partition coefficient (Wildman–Crippen LogP) is 4.25. The van der Waals surface area contributed by atoms with Crippen molar-refractivity contribution in [2.75, 3.05) is 0 Å². The SMILES string of the molecule is C=CCCCC(O)Cc1ccc(Cl)cc1Cl. The molecule has 1 N–H and O–H groups in total. The first-order valence-corrected chi connectivity index (χ1v) is 6.12. The van der Waals surface area contributed by atoms with E-state index < -0.39 is 0 Å². The number of aliphatic hydroxyl groups excluding tert-OH is 1. The fourth-order valence-electron chi connectivity index (χ4n) is 1.54. The van der Waals surface area contributed by atoms with E-state index in [1.54, 1.807) is 12.1 Å². The number of aliphatic hydroxyl groups is 1. The van der Waals surface area contributed by atoms with Gasteiger partial charge in [-0.1, -0.05) is 35.3 Å². The summed E-state index contributed by atoms with van der Waals surface area (Å²) in [6, 6.07) is 5.36. The molecular weight excluding hydrogens is 243 g/mol. The van der Waals surface area contributed by atoms with Gasteiger partial charge >= 0.3 is 0 Å². The maximum atomic E-state index is 9.80. The first-order chi connectivity index (χ1) is 7.63. The Labute approximate surface area is 107 Å². The standard InChI is InChI=1S/C13H16Cl2O/c1-2-3-4-5-12(16)8-10-6-7-11(14)9-13(10)15/h2,6-7,9,12,16H,1,3-5,8H2. The third-order valence-electron chi connectivity index (χ3n) is 2.42. The van der Waals surface area contributed by atoms with E-state index in [9.17, 15) is 5.11 Å². The fourth-order valence-corrected chi connectivity index (χ4v) is 2.03. The zero-order chi connectivity index (χ0) is 12.0. The van der Waals surface area contributed by atoms with Crippen LogP contribution in [0.2, 0.25) is 10.0 Å². The lowest BCUT2D eigenvalue weighted by atomic mass is 10.0. The molecule has 1 nitrogen and oxygen atoms in total. The molecule has 0 bridgehead atoms. The Balaban J connectivity index is 2.49. The van der Waals surface area contributed by atoms with Crippen molar-refractivity contribution in [3.63, 3.8) is 0 Å². The van der Waals surface area contributed by atoms with Crippen LogP contribution in [0.1, 0.15) is 24.8 Å². The first kappa shape index (κ1) is 13.6. The monoisotopic (exact) mass is 258 g/mol. The van der Waals surface area contributed by atoms with Gasteiger partial charge in [0.1, 0.15) is 0 Å². The van der Waals surface area contributed by atoms with Crippen molar-refractivity contribution in [3.05, 3.63) is 46.5 Å². The molecule has 1 aromatic carbocycles. The van der Waals surface area contributed by atoms with Gasteiger partial charge in [-0.15, -0.1) is 6.58 Å². The highest BCUT2D eigenvalue weighted by Crippen LogP contribution is 2.22. The largest absolute Gasteiger partial charge is 0.393 e. The molecule has 1 rings (SSSR count). The highest BCUT2D eigenvalue weighted by atomic mass is 35.5. The molecular formula is C13H16Cl2O. The summed E-state index contributed by atoms with van der Waals surface area (Å²) in [4.78, 5) is 0. The van der Waals surface area contributed by atoms with Crippen LogP contribution in [0.25, 0.3) is 0 Å². The molecule has 0 fully saturated rings. The van der Waals surface area contributed by atoms with Crippen LogP contribution in [0.3, 0.4) is 0 Å². The van der Waals surface area contributed by atoms with Crippen molar-refractivity contribution in [2.24, 2.45) is 0 Å². The minimum absolute atomic E-state index is 0.348. The Morgan fingerprint density at radius 1 is 1.38 bits per heavy atom. The molecule has 0 aliphatic carbocycles. The van der Waals surface area contributed by atoms with Crippen molar-refractivity contribution >= 4 is 23.2 Å². The molecule has 0 amide bonds. The Morgan fingerprint density at radius 3 is 2.75 bits per heavy atom. The summed E-state index contributed by atoms with van der Waals surface area (Å²) in [6.45, 7) is 3.65. The van der Waals surface area contributed by atoms with Gasteiger partial charge in [0.15, 0.2) is 0 Å². The zero-order valence-electron chi connectivity index (χ0n) is 9.13. The predicted molar refractivity (Wildman–Crippen MR) is 70.2 cm³/mol. The lowest BCUT2D eigenvalue weighted by Gasteiger charge is -2.11. The highest BCUT2D eigenvalue weighted by Gasteiger charge is 2.08. The minimum Gasteiger partial charge on any atom is -0.393 e. The summed E-state index contributed by atoms with van der Waals surface area (Å²) in [6.07, 6.45) is 4.75. The zero-order valence-corrected chi connectivity index (χ0v) is 10.6. The quantitative estimate of drug-likeness (QED) is 0.598. The molecule has 0 aliphatic heterocycles. The smallest absolute Gasteiger partial charge is 0.0581 e. The van der Waals surface area contributed by atoms with Crippen LogP contribution in [-0.4, -0.2) is 11.2 Å². The Hall–Kier alpha value is -0.500. The van der Waals surface area contributed by atoms with E-state index in [1.807, 2.05) is 12.1 Å². The molecule has 0 aromatic heterocycles. The molecule has 16 heavy (non-hydrogen) atoms. The molecule has 0 heterocycles. The molecule has 1 aromatic rings. The lowest BCUT2D eigenvalue weighted by molar-refractivity contribution is 0.162. The molecule has 0 aliphatic rings. The fraction of sp³-hybridized carbons (Fsp3) is 0.385. The second-order valence-electron chi connectivity index (χ2n) is 3.81. The third-order valence-corrected chi connectivity index (χ3v) is 3.00. The summed E-state index contributed by atoms with van der Waals surface area (Å²) >= 11 is 11.8. The van der Waals surface area contributed by atoms with Crippen molar-refractivity contribution in [2.45, 2.75) is 31.8 Å². The first-order valence-electron chi connectivity index (χ1n) is 5.36. The summed E-state index contributed by atoms with van der Waals surface area (Å²) in [5.41, 5.74) is 0.942. The normalized spacial score (nSPS) is 12.4. The lowest BCUT2D eigenvalue weighted by Crippen LogP contribution is -2.10. The second-order valence-corrected chi connectivity index (χ2v) is 4.66. The van der Waals surface area contributed by atoms with Gasteiger partial charge in [0.25, 0.3) is 0 Å². The Bertz CT molecular complexity index is 350. The van der Waals surface area contributed by atoms with Crippen molar-refractivity contribution in [1.29, 1.82) is 0 Å². The topological polar surface area (TPSA) is 20.2 Å². The number of unbranched alkanes of at least 4 members (excludes halogenated alkanes) is 1. The number of halogens is 2. The Morgan fingerprint density at radius 2 is 2.12 bits per heavy atom. The molecule has 0 spiro atoms. The van der Waals surface area contributed by atoms with Gasteiger partial charge < -0.3 is 5.11 Å². The number of rotatable bonds is 6. The van der Waals surface area contributed by atoms with Crippen LogP contribution < -0.4 is 0 Å². The van der Waals surface area contributed by atoms with Crippen LogP contribution in [-0.2, 0) is 6.42 Å². The maximum absolute atomic E-state index is 9.80. The molecule has 0 radical (unpaired) electrons. The van der Waals surface area contributed by atoms with E-state index in [1.165, 1.54) is 0 Å². The van der Waals surface area contributed by atoms with Crippen LogP contribution in [0, 0.1) is 0 Å². The van der Waals surface area contributed by atoms with Crippen molar-refractivity contribution < 1.29 is 5.11 Å². The van der Waals surface area contributed by atoms with Gasteiger partial charge in [0, 0.05) is 10.0 Å². The summed E-state index contributed by atoms with van der Waals surface area (Å²) in [7, 11) is 0. The van der Waals surface area contributed by atoms with Gasteiger partial charge in [-0.2, -0.15) is 0 Å². The van der Waals surface area contributed by atoms with E-state index >= 15 is 0 Å². The van der Waals surface area contributed by atoms with Crippen LogP contribution >= 0.6 is 23.2 Å². The van der Waals surface area contributed by atoms with Crippen molar-refractivity contribution in [1.82, 2.24) is 0 Å². The molecule has 3 heteroatoms. The van der Waals surface area contributed by atoms with Gasteiger partial charge in [0.05, 0.1) is 6.10 Å². The van der Waals surface area contributed by atoms with E-state index in [0.29, 0.717) is 16.5 Å². The van der Waals surface area contributed by atoms with Crippen LogP contribution in [0.5, 0.6) is 0 Å². The molecule has 1 atom stereocenters. The van der Waals surface area contributed by atoms with Gasteiger partial charge in [-0.3, -0.25) is 0 Å². The minimum atomic E-state index is -0.348. The summed E-state index contributed by atoms with van der Waals surface area (Å²) in [5.74, 6) is 0. The number of hydrogen-bond acceptors (Lipinski definition) is 1. The van der Waals surface area contributed by atoms with E-state index in [4.69, 9.17) is 23.2 Å². The summed E-state index contributed by atoms with van der Waals surface area (Å²) in [5, 5.41) is 11.0. The molecule has 0 saturated carbocycles. The Kier molecular flexibility index (Phi) is 5.89. The van der Waals surface area contributed by atoms with Gasteiger partial charge in [-0.05, 0) is 43.4 Å². The van der Waals surface area contributed by atoms with E-state index in [-0.39, 0.29) is 6.10 Å². The van der Waals surface area contributed by atoms with Gasteiger partial charge in [-0.25, -0.2) is 0 Å². The highest BCUT2D eigenvalue weighted by molar-refractivity contribution is 6.35. The average molecular weight is 259 g/mol. The van der Waals surface area contributed by atoms with E-state index in [2.05, 4.69) is 6.58 Å². The molecule has 88 valence electrons. The maximum Gasteiger partial charge on any atom is 0.0581 e. The molecule has 1 unspecified atom stereocenters. The molecule has 0 saturated heterocycles. The number of allylic oxidation sites excluding steroid dienone is 1. The van der Waals surface area contributed by atoms with Crippen LogP contribution in [0.4, 0.5) is 0 Å². The third kappa shape index (κ3) is 4.56. The van der Waals surface area contributed by atoms with Crippen molar-refractivity contribution in [3.8, 4) is 0 Å². The average Bonchev–Trinajstić information content (AvgIpc) is 2.23. The number of benzene rings is 1. The van der Waals surface area contributed by atoms with E-state index in [0.717, 1.165) is 24.8 Å². The number of hydrogen-bond donors (Lipinski definition) is 1. The van der Waals surface area contributed by atoms with Gasteiger partial charge in [0.2, 0.25) is 0 Å². The van der Waals surface area contributed by atoms with Crippen LogP contribution in [0.15, 0.2) is 30.9 Å².